The highest BCUT2D eigenvalue weighted by molar-refractivity contribution is 6.02. The first-order chi connectivity index (χ1) is 17.6. The van der Waals surface area contributed by atoms with Gasteiger partial charge in [0.1, 0.15) is 18.4 Å². The number of benzene rings is 3. The van der Waals surface area contributed by atoms with E-state index in [4.69, 9.17) is 0 Å². The Hall–Kier alpha value is -4.19. The molecule has 2 heterocycles. The minimum atomic E-state index is -0.475. The van der Waals surface area contributed by atoms with E-state index in [1.54, 1.807) is 15.9 Å². The van der Waals surface area contributed by atoms with Gasteiger partial charge in [-0.3, -0.25) is 14.5 Å². The third kappa shape index (κ3) is 4.42. The molecule has 0 radical (unpaired) electrons. The van der Waals surface area contributed by atoms with Crippen molar-refractivity contribution in [3.63, 3.8) is 0 Å². The van der Waals surface area contributed by atoms with Crippen molar-refractivity contribution in [3.05, 3.63) is 120 Å². The second kappa shape index (κ2) is 10.2. The molecule has 2 amide bonds. The molecule has 6 heteroatoms. The number of para-hydroxylation sites is 2. The third-order valence-electron chi connectivity index (χ3n) is 6.57. The molecule has 0 fully saturated rings. The van der Waals surface area contributed by atoms with Gasteiger partial charge in [-0.1, -0.05) is 61.9 Å². The molecule has 1 aromatic heterocycles. The van der Waals surface area contributed by atoms with Gasteiger partial charge in [-0.25, -0.2) is 4.39 Å². The smallest absolute Gasteiger partial charge is 0.254 e. The fourth-order valence-electron chi connectivity index (χ4n) is 4.86. The SMILES string of the molecule is CCCCN(CC(=O)N1c2ccccc2-n2cccc2C1c1ccccc1)C(=O)c1cccc(F)c1. The van der Waals surface area contributed by atoms with Crippen molar-refractivity contribution in [3.8, 4) is 5.69 Å². The predicted molar refractivity (Wildman–Crippen MR) is 139 cm³/mol. The van der Waals surface area contributed by atoms with E-state index < -0.39 is 5.82 Å². The van der Waals surface area contributed by atoms with Gasteiger partial charge in [0.2, 0.25) is 5.91 Å². The number of hydrogen-bond acceptors (Lipinski definition) is 2. The van der Waals surface area contributed by atoms with Crippen LogP contribution in [-0.2, 0) is 4.79 Å². The van der Waals surface area contributed by atoms with E-state index in [9.17, 15) is 14.0 Å². The molecule has 0 saturated carbocycles. The lowest BCUT2D eigenvalue weighted by molar-refractivity contribution is -0.119. The maximum Gasteiger partial charge on any atom is 0.254 e. The van der Waals surface area contributed by atoms with Gasteiger partial charge in [-0.15, -0.1) is 0 Å². The van der Waals surface area contributed by atoms with Crippen LogP contribution in [0.4, 0.5) is 10.1 Å². The summed E-state index contributed by atoms with van der Waals surface area (Å²) in [5.74, 6) is -1.01. The highest BCUT2D eigenvalue weighted by Gasteiger charge is 2.36. The molecule has 0 N–H and O–H groups in total. The molecule has 1 unspecified atom stereocenters. The average Bonchev–Trinajstić information content (AvgIpc) is 3.40. The number of carbonyl (C=O) groups excluding carboxylic acids is 2. The Morgan fingerprint density at radius 2 is 1.64 bits per heavy atom. The number of nitrogens with zero attached hydrogens (tertiary/aromatic N) is 3. The lowest BCUT2D eigenvalue weighted by Gasteiger charge is -2.39. The van der Waals surface area contributed by atoms with E-state index in [-0.39, 0.29) is 30.0 Å². The zero-order chi connectivity index (χ0) is 25.1. The van der Waals surface area contributed by atoms with Crippen LogP contribution in [-0.4, -0.2) is 34.4 Å². The van der Waals surface area contributed by atoms with E-state index in [2.05, 4.69) is 4.57 Å². The molecule has 0 bridgehead atoms. The Balaban J connectivity index is 1.55. The van der Waals surface area contributed by atoms with Crippen LogP contribution in [0.3, 0.4) is 0 Å². The minimum Gasteiger partial charge on any atom is -0.329 e. The summed E-state index contributed by atoms with van der Waals surface area (Å²) in [4.78, 5) is 30.8. The second-order valence-corrected chi connectivity index (χ2v) is 8.96. The van der Waals surface area contributed by atoms with Gasteiger partial charge in [-0.05, 0) is 54.4 Å². The molecule has 1 atom stereocenters. The Morgan fingerprint density at radius 3 is 2.39 bits per heavy atom. The molecule has 0 saturated heterocycles. The van der Waals surface area contributed by atoms with Crippen molar-refractivity contribution in [2.45, 2.75) is 25.8 Å². The molecule has 1 aliphatic heterocycles. The first-order valence-electron chi connectivity index (χ1n) is 12.3. The molecule has 182 valence electrons. The third-order valence-corrected chi connectivity index (χ3v) is 6.57. The number of fused-ring (bicyclic) bond motifs is 3. The fraction of sp³-hybridized carbons (Fsp3) is 0.200. The van der Waals surface area contributed by atoms with E-state index in [1.165, 1.54) is 18.2 Å². The summed E-state index contributed by atoms with van der Waals surface area (Å²) in [5.41, 5.74) is 3.90. The van der Waals surface area contributed by atoms with Crippen molar-refractivity contribution in [2.75, 3.05) is 18.0 Å². The van der Waals surface area contributed by atoms with Gasteiger partial charge in [0.15, 0.2) is 0 Å². The number of hydrogen-bond donors (Lipinski definition) is 0. The van der Waals surface area contributed by atoms with Crippen LogP contribution >= 0.6 is 0 Å². The number of anilines is 1. The molecule has 5 rings (SSSR count). The highest BCUT2D eigenvalue weighted by Crippen LogP contribution is 2.42. The number of amides is 2. The summed E-state index contributed by atoms with van der Waals surface area (Å²) < 4.78 is 16.0. The standard InChI is InChI=1S/C30H28FN3O2/c1-2-3-18-32(30(36)23-13-9-14-24(31)20-23)21-28(35)34-26-16-8-7-15-25(26)33-19-10-17-27(33)29(34)22-11-5-4-6-12-22/h4-17,19-20,29H,2-3,18,21H2,1H3. The van der Waals surface area contributed by atoms with Crippen molar-refractivity contribution in [1.82, 2.24) is 9.47 Å². The maximum absolute atomic E-state index is 14.1. The van der Waals surface area contributed by atoms with E-state index >= 15 is 0 Å². The average molecular weight is 482 g/mol. The quantitative estimate of drug-likeness (QED) is 0.325. The van der Waals surface area contributed by atoms with Gasteiger partial charge in [-0.2, -0.15) is 0 Å². The van der Waals surface area contributed by atoms with Crippen molar-refractivity contribution in [1.29, 1.82) is 0 Å². The molecule has 1 aliphatic rings. The van der Waals surface area contributed by atoms with Gasteiger partial charge >= 0.3 is 0 Å². The van der Waals surface area contributed by atoms with Crippen LogP contribution in [0.15, 0.2) is 97.2 Å². The number of carbonyl (C=O) groups is 2. The van der Waals surface area contributed by atoms with Crippen LogP contribution in [0, 0.1) is 5.82 Å². The molecular formula is C30H28FN3O2. The molecule has 0 aliphatic carbocycles. The van der Waals surface area contributed by atoms with Crippen LogP contribution in [0.1, 0.15) is 47.4 Å². The van der Waals surface area contributed by atoms with E-state index in [0.29, 0.717) is 6.54 Å². The maximum atomic E-state index is 14.1. The molecule has 3 aromatic carbocycles. The summed E-state index contributed by atoms with van der Waals surface area (Å²) in [5, 5.41) is 0. The van der Waals surface area contributed by atoms with Crippen molar-refractivity contribution in [2.24, 2.45) is 0 Å². The lowest BCUT2D eigenvalue weighted by Crippen LogP contribution is -2.47. The number of unbranched alkanes of at least 4 members (excludes halogenated alkanes) is 1. The Kier molecular flexibility index (Phi) is 6.67. The summed E-state index contributed by atoms with van der Waals surface area (Å²) in [6, 6.07) is 27.0. The Morgan fingerprint density at radius 1 is 0.889 bits per heavy atom. The summed E-state index contributed by atoms with van der Waals surface area (Å²) >= 11 is 0. The monoisotopic (exact) mass is 481 g/mol. The van der Waals surface area contributed by atoms with Gasteiger partial charge in [0, 0.05) is 18.3 Å². The van der Waals surface area contributed by atoms with Crippen molar-refractivity contribution >= 4 is 17.5 Å². The molecule has 4 aromatic rings. The first kappa shape index (κ1) is 23.5. The Labute approximate surface area is 210 Å². The molecule has 5 nitrogen and oxygen atoms in total. The molecule has 0 spiro atoms. The lowest BCUT2D eigenvalue weighted by atomic mass is 9.97. The predicted octanol–water partition coefficient (Wildman–Crippen LogP) is 5.99. The molecular weight excluding hydrogens is 453 g/mol. The van der Waals surface area contributed by atoms with E-state index in [0.717, 1.165) is 35.5 Å². The zero-order valence-corrected chi connectivity index (χ0v) is 20.2. The van der Waals surface area contributed by atoms with Gasteiger partial charge in [0.25, 0.3) is 5.91 Å². The fourth-order valence-corrected chi connectivity index (χ4v) is 4.86. The topological polar surface area (TPSA) is 45.6 Å². The largest absolute Gasteiger partial charge is 0.329 e. The zero-order valence-electron chi connectivity index (χ0n) is 20.2. The number of rotatable bonds is 7. The Bertz CT molecular complexity index is 1380. The van der Waals surface area contributed by atoms with Crippen LogP contribution in [0.5, 0.6) is 0 Å². The highest BCUT2D eigenvalue weighted by atomic mass is 19.1. The summed E-state index contributed by atoms with van der Waals surface area (Å²) in [6.07, 6.45) is 3.62. The van der Waals surface area contributed by atoms with Crippen molar-refractivity contribution < 1.29 is 14.0 Å². The van der Waals surface area contributed by atoms with Crippen LogP contribution < -0.4 is 4.90 Å². The van der Waals surface area contributed by atoms with Gasteiger partial charge in [0.05, 0.1) is 17.1 Å². The van der Waals surface area contributed by atoms with Crippen LogP contribution in [0.2, 0.25) is 0 Å². The van der Waals surface area contributed by atoms with Gasteiger partial charge < -0.3 is 9.47 Å². The molecule has 36 heavy (non-hydrogen) atoms. The van der Waals surface area contributed by atoms with Crippen LogP contribution in [0.25, 0.3) is 5.69 Å². The second-order valence-electron chi connectivity index (χ2n) is 8.96. The summed E-state index contributed by atoms with van der Waals surface area (Å²) in [7, 11) is 0. The number of aromatic nitrogens is 1. The minimum absolute atomic E-state index is 0.103. The first-order valence-corrected chi connectivity index (χ1v) is 12.3. The normalized spacial score (nSPS) is 14.2. The summed E-state index contributed by atoms with van der Waals surface area (Å²) in [6.45, 7) is 2.35. The van der Waals surface area contributed by atoms with E-state index in [1.807, 2.05) is 79.9 Å². The number of halogens is 1.